The molecule has 0 unspecified atom stereocenters. The van der Waals surface area contributed by atoms with Gasteiger partial charge in [-0.25, -0.2) is 0 Å². The van der Waals surface area contributed by atoms with Gasteiger partial charge in [0.2, 0.25) is 0 Å². The van der Waals surface area contributed by atoms with Gasteiger partial charge in [-0.15, -0.1) is 0 Å². The van der Waals surface area contributed by atoms with Crippen LogP contribution < -0.4 is 10.6 Å². The van der Waals surface area contributed by atoms with Gasteiger partial charge in [0.1, 0.15) is 0 Å². The molecule has 2 aromatic carbocycles. The molecule has 126 valence electrons. The highest BCUT2D eigenvalue weighted by Gasteiger charge is 2.32. The average molecular weight is 338 g/mol. The number of hydrogen-bond donors (Lipinski definition) is 3. The summed E-state index contributed by atoms with van der Waals surface area (Å²) < 4.78 is 0. The Hall–Kier alpha value is -3.32. The number of carbonyl (C=O) groups excluding carboxylic acids is 4. The van der Waals surface area contributed by atoms with Crippen molar-refractivity contribution in [3.05, 3.63) is 64.7 Å². The molecule has 0 saturated heterocycles. The molecule has 2 amide bonds. The third kappa shape index (κ3) is 2.92. The number of amides is 2. The number of carbonyl (C=O) groups is 4. The van der Waals surface area contributed by atoms with Crippen LogP contribution in [-0.2, 0) is 9.59 Å². The van der Waals surface area contributed by atoms with Crippen LogP contribution in [0.15, 0.2) is 42.5 Å². The van der Waals surface area contributed by atoms with Crippen molar-refractivity contribution in [3.8, 4) is 0 Å². The van der Waals surface area contributed by atoms with Crippen molar-refractivity contribution >= 4 is 29.1 Å². The Kier molecular flexibility index (Phi) is 4.40. The predicted molar refractivity (Wildman–Crippen MR) is 88.5 cm³/mol. The maximum absolute atomic E-state index is 12.8. The molecule has 0 heterocycles. The Labute approximate surface area is 142 Å². The fraction of sp³-hybridized carbons (Fsp3) is 0.111. The smallest absolute Gasteiger partial charge is 0.313 e. The maximum atomic E-state index is 12.8. The molecule has 0 spiro atoms. The second kappa shape index (κ2) is 6.66. The largest absolute Gasteiger partial charge is 0.395 e. The number of fused-ring (bicyclic) bond motifs is 2. The van der Waals surface area contributed by atoms with E-state index in [4.69, 9.17) is 5.11 Å². The maximum Gasteiger partial charge on any atom is 0.313 e. The highest BCUT2D eigenvalue weighted by Crippen LogP contribution is 2.31. The molecule has 3 N–H and O–H groups in total. The molecular formula is C18H14N2O5. The highest BCUT2D eigenvalue weighted by atomic mass is 16.3. The monoisotopic (exact) mass is 338 g/mol. The van der Waals surface area contributed by atoms with Crippen molar-refractivity contribution in [1.29, 1.82) is 0 Å². The number of benzene rings is 2. The normalized spacial score (nSPS) is 12.2. The van der Waals surface area contributed by atoms with Crippen molar-refractivity contribution in [2.45, 2.75) is 0 Å². The van der Waals surface area contributed by atoms with Crippen LogP contribution in [0, 0.1) is 0 Å². The fourth-order valence-corrected chi connectivity index (χ4v) is 2.68. The summed E-state index contributed by atoms with van der Waals surface area (Å²) in [5.41, 5.74) is 0.900. The predicted octanol–water partition coefficient (Wildman–Crippen LogP) is 0.509. The number of ketones is 2. The van der Waals surface area contributed by atoms with Crippen molar-refractivity contribution in [2.75, 3.05) is 18.5 Å². The van der Waals surface area contributed by atoms with E-state index in [1.807, 2.05) is 0 Å². The lowest BCUT2D eigenvalue weighted by Gasteiger charge is -2.20. The van der Waals surface area contributed by atoms with Crippen molar-refractivity contribution in [3.63, 3.8) is 0 Å². The number of aliphatic hydroxyl groups is 1. The Morgan fingerprint density at radius 1 is 0.840 bits per heavy atom. The topological polar surface area (TPSA) is 113 Å². The average Bonchev–Trinajstić information content (AvgIpc) is 2.64. The molecule has 0 aromatic heterocycles. The zero-order chi connectivity index (χ0) is 18.0. The van der Waals surface area contributed by atoms with Crippen LogP contribution in [0.2, 0.25) is 0 Å². The molecule has 3 rings (SSSR count). The quantitative estimate of drug-likeness (QED) is 0.602. The van der Waals surface area contributed by atoms with Gasteiger partial charge in [-0.05, 0) is 6.07 Å². The van der Waals surface area contributed by atoms with Gasteiger partial charge >= 0.3 is 11.8 Å². The SMILES string of the molecule is O=C(NCCO)C(=O)Nc1cccc2c1C(=O)c1ccccc1C2=O. The molecule has 0 bridgehead atoms. The van der Waals surface area contributed by atoms with Gasteiger partial charge in [-0.1, -0.05) is 36.4 Å². The van der Waals surface area contributed by atoms with E-state index in [9.17, 15) is 19.2 Å². The number of aliphatic hydroxyl groups excluding tert-OH is 1. The minimum Gasteiger partial charge on any atom is -0.395 e. The lowest BCUT2D eigenvalue weighted by molar-refractivity contribution is -0.136. The standard InChI is InChI=1S/C18H14N2O5/c21-9-8-19-17(24)18(25)20-13-7-3-6-12-14(13)16(23)11-5-2-1-4-10(11)15(12)22/h1-7,21H,8-9H2,(H,19,24)(H,20,25). The molecule has 0 atom stereocenters. The van der Waals surface area contributed by atoms with E-state index in [-0.39, 0.29) is 41.3 Å². The third-order valence-corrected chi connectivity index (χ3v) is 3.80. The van der Waals surface area contributed by atoms with E-state index in [0.29, 0.717) is 5.56 Å². The van der Waals surface area contributed by atoms with E-state index in [0.717, 1.165) is 0 Å². The first kappa shape index (κ1) is 16.5. The summed E-state index contributed by atoms with van der Waals surface area (Å²) in [4.78, 5) is 48.9. The number of nitrogens with one attached hydrogen (secondary N) is 2. The Morgan fingerprint density at radius 3 is 2.16 bits per heavy atom. The zero-order valence-corrected chi connectivity index (χ0v) is 13.0. The summed E-state index contributed by atoms with van der Waals surface area (Å²) in [5, 5.41) is 13.2. The highest BCUT2D eigenvalue weighted by molar-refractivity contribution is 6.40. The summed E-state index contributed by atoms with van der Waals surface area (Å²) in [7, 11) is 0. The fourth-order valence-electron chi connectivity index (χ4n) is 2.68. The van der Waals surface area contributed by atoms with Gasteiger partial charge in [0.25, 0.3) is 0 Å². The lowest BCUT2D eigenvalue weighted by Crippen LogP contribution is -2.37. The summed E-state index contributed by atoms with van der Waals surface area (Å²) in [6.07, 6.45) is 0. The first-order valence-corrected chi connectivity index (χ1v) is 7.56. The van der Waals surface area contributed by atoms with Crippen LogP contribution in [0.5, 0.6) is 0 Å². The molecule has 2 aromatic rings. The van der Waals surface area contributed by atoms with E-state index < -0.39 is 17.6 Å². The second-order valence-electron chi connectivity index (χ2n) is 5.37. The Balaban J connectivity index is 1.97. The minimum absolute atomic E-state index is 0.0644. The van der Waals surface area contributed by atoms with Crippen LogP contribution in [-0.4, -0.2) is 41.6 Å². The second-order valence-corrected chi connectivity index (χ2v) is 5.37. The van der Waals surface area contributed by atoms with Gasteiger partial charge in [-0.3, -0.25) is 19.2 Å². The van der Waals surface area contributed by atoms with Crippen molar-refractivity contribution in [2.24, 2.45) is 0 Å². The first-order valence-electron chi connectivity index (χ1n) is 7.56. The summed E-state index contributed by atoms with van der Waals surface area (Å²) in [5.74, 6) is -2.63. The van der Waals surface area contributed by atoms with Crippen molar-refractivity contribution in [1.82, 2.24) is 5.32 Å². The molecule has 7 heteroatoms. The molecular weight excluding hydrogens is 324 g/mol. The summed E-state index contributed by atoms with van der Waals surface area (Å²) in [6, 6.07) is 10.9. The third-order valence-electron chi connectivity index (χ3n) is 3.80. The molecule has 1 aliphatic rings. The molecule has 0 radical (unpaired) electrons. The first-order chi connectivity index (χ1) is 12.0. The molecule has 7 nitrogen and oxygen atoms in total. The van der Waals surface area contributed by atoms with E-state index >= 15 is 0 Å². The van der Waals surface area contributed by atoms with Gasteiger partial charge in [-0.2, -0.15) is 0 Å². The minimum atomic E-state index is -0.985. The molecule has 0 fully saturated rings. The number of hydrogen-bond acceptors (Lipinski definition) is 5. The number of rotatable bonds is 3. The van der Waals surface area contributed by atoms with Crippen LogP contribution in [0.1, 0.15) is 31.8 Å². The summed E-state index contributed by atoms with van der Waals surface area (Å²) >= 11 is 0. The van der Waals surface area contributed by atoms with E-state index in [2.05, 4.69) is 10.6 Å². The van der Waals surface area contributed by atoms with Gasteiger partial charge in [0.05, 0.1) is 17.9 Å². The van der Waals surface area contributed by atoms with Crippen LogP contribution >= 0.6 is 0 Å². The van der Waals surface area contributed by atoms with E-state index in [1.165, 1.54) is 18.2 Å². The van der Waals surface area contributed by atoms with Gasteiger partial charge in [0, 0.05) is 23.2 Å². The van der Waals surface area contributed by atoms with Crippen LogP contribution in [0.3, 0.4) is 0 Å². The molecule has 25 heavy (non-hydrogen) atoms. The molecule has 0 saturated carbocycles. The van der Waals surface area contributed by atoms with E-state index in [1.54, 1.807) is 24.3 Å². The molecule has 1 aliphatic carbocycles. The Morgan fingerprint density at radius 2 is 1.48 bits per heavy atom. The van der Waals surface area contributed by atoms with Gasteiger partial charge in [0.15, 0.2) is 11.6 Å². The van der Waals surface area contributed by atoms with Gasteiger partial charge < -0.3 is 15.7 Å². The zero-order valence-electron chi connectivity index (χ0n) is 13.0. The van der Waals surface area contributed by atoms with Crippen molar-refractivity contribution < 1.29 is 24.3 Å². The van der Waals surface area contributed by atoms with Crippen LogP contribution in [0.4, 0.5) is 5.69 Å². The van der Waals surface area contributed by atoms with Crippen LogP contribution in [0.25, 0.3) is 0 Å². The molecule has 0 aliphatic heterocycles. The Bertz CT molecular complexity index is 904. The lowest BCUT2D eigenvalue weighted by atomic mass is 9.83. The number of anilines is 1. The summed E-state index contributed by atoms with van der Waals surface area (Å²) in [6.45, 7) is -0.368.